The predicted molar refractivity (Wildman–Crippen MR) is 99.3 cm³/mol. The molecule has 2 aromatic heterocycles. The van der Waals surface area contributed by atoms with Crippen LogP contribution in [0.4, 0.5) is 0 Å². The Bertz CT molecular complexity index is 1080. The quantitative estimate of drug-likeness (QED) is 0.616. The standard InChI is InChI=1S/C21H17N3O/c1-14-6-11-20-23-19(13-24(20)12-14)16-9-7-15(8-10-16)17-4-2-3-5-18(17)21(22)25/h2-13H,1H3,(H2,22,25). The highest BCUT2D eigenvalue weighted by Crippen LogP contribution is 2.27. The van der Waals surface area contributed by atoms with E-state index >= 15 is 0 Å². The van der Waals surface area contributed by atoms with E-state index in [2.05, 4.69) is 24.2 Å². The van der Waals surface area contributed by atoms with E-state index in [1.165, 1.54) is 5.56 Å². The lowest BCUT2D eigenvalue weighted by molar-refractivity contribution is 0.100. The summed E-state index contributed by atoms with van der Waals surface area (Å²) in [5, 5.41) is 0. The molecular weight excluding hydrogens is 310 g/mol. The first kappa shape index (κ1) is 15.1. The van der Waals surface area contributed by atoms with Crippen molar-refractivity contribution in [3.8, 4) is 22.4 Å². The summed E-state index contributed by atoms with van der Waals surface area (Å²) in [4.78, 5) is 16.3. The van der Waals surface area contributed by atoms with E-state index in [0.717, 1.165) is 28.0 Å². The zero-order valence-corrected chi connectivity index (χ0v) is 13.8. The molecule has 1 amide bonds. The Morgan fingerprint density at radius 3 is 2.40 bits per heavy atom. The molecule has 0 unspecified atom stereocenters. The molecule has 0 atom stereocenters. The van der Waals surface area contributed by atoms with E-state index < -0.39 is 5.91 Å². The van der Waals surface area contributed by atoms with Crippen molar-refractivity contribution in [2.75, 3.05) is 0 Å². The Hall–Kier alpha value is -3.40. The molecule has 4 nitrogen and oxygen atoms in total. The molecule has 0 bridgehead atoms. The Balaban J connectivity index is 1.73. The van der Waals surface area contributed by atoms with Crippen molar-refractivity contribution in [1.29, 1.82) is 0 Å². The van der Waals surface area contributed by atoms with Gasteiger partial charge in [-0.3, -0.25) is 4.79 Å². The number of fused-ring (bicyclic) bond motifs is 1. The number of aromatic nitrogens is 2. The minimum absolute atomic E-state index is 0.421. The normalized spacial score (nSPS) is 10.9. The molecule has 4 aromatic rings. The second-order valence-electron chi connectivity index (χ2n) is 6.09. The van der Waals surface area contributed by atoms with Gasteiger partial charge in [0.1, 0.15) is 5.65 Å². The lowest BCUT2D eigenvalue weighted by Crippen LogP contribution is -2.12. The van der Waals surface area contributed by atoms with Gasteiger partial charge in [-0.2, -0.15) is 0 Å². The lowest BCUT2D eigenvalue weighted by Gasteiger charge is -2.07. The Labute approximate surface area is 145 Å². The summed E-state index contributed by atoms with van der Waals surface area (Å²) in [6, 6.07) is 19.4. The van der Waals surface area contributed by atoms with Gasteiger partial charge >= 0.3 is 0 Å². The van der Waals surface area contributed by atoms with Crippen molar-refractivity contribution in [2.24, 2.45) is 5.73 Å². The van der Waals surface area contributed by atoms with Crippen LogP contribution in [-0.2, 0) is 0 Å². The smallest absolute Gasteiger partial charge is 0.249 e. The SMILES string of the molecule is Cc1ccc2nc(-c3ccc(-c4ccccc4C(N)=O)cc3)cn2c1. The van der Waals surface area contributed by atoms with Crippen LogP contribution in [0.3, 0.4) is 0 Å². The van der Waals surface area contributed by atoms with Gasteiger partial charge in [0.2, 0.25) is 5.91 Å². The van der Waals surface area contributed by atoms with Crippen LogP contribution in [0.1, 0.15) is 15.9 Å². The fraction of sp³-hybridized carbons (Fsp3) is 0.0476. The molecule has 122 valence electrons. The minimum atomic E-state index is -0.421. The highest BCUT2D eigenvalue weighted by molar-refractivity contribution is 5.99. The summed E-state index contributed by atoms with van der Waals surface area (Å²) in [5.41, 5.74) is 11.9. The molecule has 4 heteroatoms. The lowest BCUT2D eigenvalue weighted by atomic mass is 9.98. The number of benzene rings is 2. The van der Waals surface area contributed by atoms with E-state index in [1.807, 2.05) is 59.1 Å². The van der Waals surface area contributed by atoms with Gasteiger partial charge in [-0.1, -0.05) is 48.5 Å². The summed E-state index contributed by atoms with van der Waals surface area (Å²) in [6.45, 7) is 2.06. The maximum absolute atomic E-state index is 11.6. The summed E-state index contributed by atoms with van der Waals surface area (Å²) in [7, 11) is 0. The molecule has 25 heavy (non-hydrogen) atoms. The molecule has 2 N–H and O–H groups in total. The fourth-order valence-electron chi connectivity index (χ4n) is 3.01. The molecule has 0 spiro atoms. The van der Waals surface area contributed by atoms with Gasteiger partial charge in [-0.15, -0.1) is 0 Å². The number of amides is 1. The van der Waals surface area contributed by atoms with Gasteiger partial charge in [0.25, 0.3) is 0 Å². The van der Waals surface area contributed by atoms with Crippen molar-refractivity contribution in [3.63, 3.8) is 0 Å². The first-order valence-corrected chi connectivity index (χ1v) is 8.07. The zero-order chi connectivity index (χ0) is 17.4. The van der Waals surface area contributed by atoms with Crippen molar-refractivity contribution < 1.29 is 4.79 Å². The highest BCUT2D eigenvalue weighted by Gasteiger charge is 2.10. The largest absolute Gasteiger partial charge is 0.366 e. The van der Waals surface area contributed by atoms with E-state index in [0.29, 0.717) is 5.56 Å². The van der Waals surface area contributed by atoms with Crippen LogP contribution in [0.5, 0.6) is 0 Å². The number of rotatable bonds is 3. The Kier molecular flexibility index (Phi) is 3.58. The maximum atomic E-state index is 11.6. The average Bonchev–Trinajstić information content (AvgIpc) is 3.05. The van der Waals surface area contributed by atoms with Gasteiger partial charge in [-0.05, 0) is 35.7 Å². The molecule has 0 aliphatic carbocycles. The average molecular weight is 327 g/mol. The number of hydrogen-bond acceptors (Lipinski definition) is 2. The zero-order valence-electron chi connectivity index (χ0n) is 13.8. The number of imidazole rings is 1. The van der Waals surface area contributed by atoms with Crippen LogP contribution in [0.25, 0.3) is 28.0 Å². The molecule has 4 rings (SSSR count). The second-order valence-corrected chi connectivity index (χ2v) is 6.09. The third-order valence-corrected chi connectivity index (χ3v) is 4.28. The van der Waals surface area contributed by atoms with Crippen LogP contribution < -0.4 is 5.73 Å². The fourth-order valence-corrected chi connectivity index (χ4v) is 3.01. The van der Waals surface area contributed by atoms with Gasteiger partial charge in [0.15, 0.2) is 0 Å². The topological polar surface area (TPSA) is 60.4 Å². The third kappa shape index (κ3) is 2.78. The number of carbonyl (C=O) groups is 1. The first-order chi connectivity index (χ1) is 12.1. The Morgan fingerprint density at radius 2 is 1.64 bits per heavy atom. The number of nitrogens with zero attached hydrogens (tertiary/aromatic N) is 2. The maximum Gasteiger partial charge on any atom is 0.249 e. The predicted octanol–water partition coefficient (Wildman–Crippen LogP) is 4.08. The van der Waals surface area contributed by atoms with E-state index in [-0.39, 0.29) is 0 Å². The van der Waals surface area contributed by atoms with E-state index in [1.54, 1.807) is 6.07 Å². The summed E-state index contributed by atoms with van der Waals surface area (Å²) in [5.74, 6) is -0.421. The number of nitrogens with two attached hydrogens (primary N) is 1. The minimum Gasteiger partial charge on any atom is -0.366 e. The molecule has 0 fully saturated rings. The highest BCUT2D eigenvalue weighted by atomic mass is 16.1. The molecule has 0 saturated carbocycles. The molecule has 0 radical (unpaired) electrons. The van der Waals surface area contributed by atoms with Crippen molar-refractivity contribution in [2.45, 2.75) is 6.92 Å². The van der Waals surface area contributed by atoms with Gasteiger partial charge in [-0.25, -0.2) is 4.98 Å². The van der Waals surface area contributed by atoms with Crippen LogP contribution in [-0.4, -0.2) is 15.3 Å². The van der Waals surface area contributed by atoms with Crippen molar-refractivity contribution >= 4 is 11.6 Å². The van der Waals surface area contributed by atoms with Gasteiger partial charge in [0, 0.05) is 23.5 Å². The summed E-state index contributed by atoms with van der Waals surface area (Å²) in [6.07, 6.45) is 4.08. The Morgan fingerprint density at radius 1 is 0.920 bits per heavy atom. The number of aryl methyl sites for hydroxylation is 1. The number of carbonyl (C=O) groups excluding carboxylic acids is 1. The van der Waals surface area contributed by atoms with Crippen LogP contribution in [0.15, 0.2) is 73.1 Å². The van der Waals surface area contributed by atoms with Gasteiger partial charge < -0.3 is 10.1 Å². The second kappa shape index (κ2) is 5.91. The van der Waals surface area contributed by atoms with Gasteiger partial charge in [0.05, 0.1) is 5.69 Å². The first-order valence-electron chi connectivity index (χ1n) is 8.07. The van der Waals surface area contributed by atoms with E-state index in [4.69, 9.17) is 5.73 Å². The number of primary amides is 1. The molecule has 2 heterocycles. The van der Waals surface area contributed by atoms with Crippen LogP contribution in [0.2, 0.25) is 0 Å². The number of hydrogen-bond donors (Lipinski definition) is 1. The molecule has 2 aromatic carbocycles. The third-order valence-electron chi connectivity index (χ3n) is 4.28. The molecule has 0 aliphatic heterocycles. The van der Waals surface area contributed by atoms with E-state index in [9.17, 15) is 4.79 Å². The van der Waals surface area contributed by atoms with Crippen LogP contribution >= 0.6 is 0 Å². The van der Waals surface area contributed by atoms with Crippen molar-refractivity contribution in [3.05, 3.63) is 84.2 Å². The summed E-state index contributed by atoms with van der Waals surface area (Å²) >= 11 is 0. The molecule has 0 saturated heterocycles. The number of pyridine rings is 1. The monoisotopic (exact) mass is 327 g/mol. The molecular formula is C21H17N3O. The molecule has 0 aliphatic rings. The summed E-state index contributed by atoms with van der Waals surface area (Å²) < 4.78 is 2.03. The van der Waals surface area contributed by atoms with Crippen LogP contribution in [0, 0.1) is 6.92 Å². The van der Waals surface area contributed by atoms with Crippen molar-refractivity contribution in [1.82, 2.24) is 9.38 Å².